The van der Waals surface area contributed by atoms with Crippen LogP contribution in [-0.2, 0) is 10.0 Å². The number of rotatable bonds is 4. The number of halogens is 2. The van der Waals surface area contributed by atoms with Crippen molar-refractivity contribution in [1.29, 1.82) is 0 Å². The summed E-state index contributed by atoms with van der Waals surface area (Å²) in [6.07, 6.45) is 1.56. The largest absolute Gasteiger partial charge is 0.394 e. The highest BCUT2D eigenvalue weighted by atomic mass is 32.2. The Kier molecular flexibility index (Phi) is 4.80. The number of nitrogens with zero attached hydrogens (tertiary/aromatic N) is 1. The molecule has 0 amide bonds. The number of nitrogens with one attached hydrogen (secondary N) is 1. The third-order valence-corrected chi connectivity index (χ3v) is 5.19. The third kappa shape index (κ3) is 3.50. The molecular weight excluding hydrogens is 300 g/mol. The number of benzene rings is 1. The summed E-state index contributed by atoms with van der Waals surface area (Å²) in [4.78, 5) is 1.50. The van der Waals surface area contributed by atoms with Gasteiger partial charge in [0, 0.05) is 12.6 Å². The van der Waals surface area contributed by atoms with Crippen LogP contribution in [0.3, 0.4) is 0 Å². The van der Waals surface area contributed by atoms with Crippen molar-refractivity contribution in [3.63, 3.8) is 0 Å². The van der Waals surface area contributed by atoms with Crippen molar-refractivity contribution >= 4 is 15.7 Å². The highest BCUT2D eigenvalue weighted by Gasteiger charge is 2.27. The monoisotopic (exact) mass is 319 g/mol. The van der Waals surface area contributed by atoms with Gasteiger partial charge in [-0.25, -0.2) is 21.9 Å². The van der Waals surface area contributed by atoms with Gasteiger partial charge in [-0.05, 0) is 38.1 Å². The summed E-state index contributed by atoms with van der Waals surface area (Å²) in [7, 11) is -4.06. The molecule has 0 spiro atoms. The Bertz CT molecular complexity index is 622. The fourth-order valence-electron chi connectivity index (χ4n) is 2.48. The van der Waals surface area contributed by atoms with Crippen LogP contribution in [0.15, 0.2) is 17.0 Å². The summed E-state index contributed by atoms with van der Waals surface area (Å²) in [6.45, 7) is 4.33. The molecule has 3 N–H and O–H groups in total. The lowest BCUT2D eigenvalue weighted by molar-refractivity contribution is 0.211. The van der Waals surface area contributed by atoms with Gasteiger partial charge in [-0.2, -0.15) is 0 Å². The second-order valence-electron chi connectivity index (χ2n) is 5.13. The van der Waals surface area contributed by atoms with Gasteiger partial charge in [0.1, 0.15) is 16.4 Å². The lowest BCUT2D eigenvalue weighted by Gasteiger charge is -2.32. The van der Waals surface area contributed by atoms with E-state index in [1.165, 1.54) is 0 Å². The lowest BCUT2D eigenvalue weighted by atomic mass is 10.1. The predicted octanol–water partition coefficient (Wildman–Crippen LogP) is 1.31. The first-order chi connectivity index (χ1) is 9.85. The number of likely N-dealkylation sites (N-methyl/N-ethyl adjacent to an activating group) is 1. The van der Waals surface area contributed by atoms with Crippen molar-refractivity contribution in [2.75, 3.05) is 25.4 Å². The number of hydrogen-bond acceptors (Lipinski definition) is 4. The van der Waals surface area contributed by atoms with Crippen LogP contribution in [0, 0.1) is 11.6 Å². The van der Waals surface area contributed by atoms with Gasteiger partial charge in [0.05, 0.1) is 0 Å². The Morgan fingerprint density at radius 3 is 2.81 bits per heavy atom. The summed E-state index contributed by atoms with van der Waals surface area (Å²) in [5, 5.41) is 0. The number of anilines is 1. The fourth-order valence-corrected chi connectivity index (χ4v) is 3.83. The van der Waals surface area contributed by atoms with Crippen LogP contribution in [0.1, 0.15) is 19.8 Å². The predicted molar refractivity (Wildman–Crippen MR) is 76.2 cm³/mol. The second-order valence-corrected chi connectivity index (χ2v) is 6.81. The van der Waals surface area contributed by atoms with Crippen molar-refractivity contribution in [1.82, 2.24) is 9.62 Å². The first-order valence-electron chi connectivity index (χ1n) is 6.83. The highest BCUT2D eigenvalue weighted by Crippen LogP contribution is 2.23. The molecule has 0 aromatic heterocycles. The lowest BCUT2D eigenvalue weighted by Crippen LogP contribution is -2.47. The van der Waals surface area contributed by atoms with Crippen molar-refractivity contribution in [2.45, 2.75) is 30.7 Å². The molecule has 2 rings (SSSR count). The average molecular weight is 319 g/mol. The molecule has 1 aromatic rings. The zero-order valence-electron chi connectivity index (χ0n) is 11.8. The number of nitrogen functional groups attached to an aromatic ring is 1. The van der Waals surface area contributed by atoms with Crippen LogP contribution >= 0.6 is 0 Å². The van der Waals surface area contributed by atoms with Crippen molar-refractivity contribution in [2.24, 2.45) is 0 Å². The van der Waals surface area contributed by atoms with E-state index in [0.717, 1.165) is 31.6 Å². The Hall–Kier alpha value is -1.25. The SMILES string of the molecule is CCN1CCCC(NS(=O)(=O)c2ccc(F)c(N)c2F)C1. The molecule has 1 aromatic carbocycles. The summed E-state index contributed by atoms with van der Waals surface area (Å²) in [5.74, 6) is -2.22. The van der Waals surface area contributed by atoms with Crippen molar-refractivity contribution < 1.29 is 17.2 Å². The van der Waals surface area contributed by atoms with Gasteiger partial charge in [-0.3, -0.25) is 0 Å². The minimum Gasteiger partial charge on any atom is -0.394 e. The quantitative estimate of drug-likeness (QED) is 0.821. The topological polar surface area (TPSA) is 75.4 Å². The Labute approximate surface area is 123 Å². The van der Waals surface area contributed by atoms with Crippen LogP contribution in [-0.4, -0.2) is 39.0 Å². The maximum absolute atomic E-state index is 13.9. The number of nitrogens with two attached hydrogens (primary N) is 1. The molecule has 1 aliphatic rings. The maximum atomic E-state index is 13.9. The van der Waals surface area contributed by atoms with Crippen LogP contribution in [0.2, 0.25) is 0 Å². The number of sulfonamides is 1. The Balaban J connectivity index is 2.21. The van der Waals surface area contributed by atoms with E-state index in [1.807, 2.05) is 6.92 Å². The molecule has 21 heavy (non-hydrogen) atoms. The van der Waals surface area contributed by atoms with Crippen LogP contribution in [0.5, 0.6) is 0 Å². The molecule has 0 saturated carbocycles. The average Bonchev–Trinajstić information content (AvgIpc) is 2.44. The van der Waals surface area contributed by atoms with Gasteiger partial charge >= 0.3 is 0 Å². The van der Waals surface area contributed by atoms with E-state index in [2.05, 4.69) is 9.62 Å². The molecule has 8 heteroatoms. The molecule has 1 saturated heterocycles. The van der Waals surface area contributed by atoms with Gasteiger partial charge in [-0.15, -0.1) is 0 Å². The van der Waals surface area contributed by atoms with E-state index in [9.17, 15) is 17.2 Å². The maximum Gasteiger partial charge on any atom is 0.243 e. The van der Waals surface area contributed by atoms with E-state index < -0.39 is 32.2 Å². The first kappa shape index (κ1) is 16.1. The van der Waals surface area contributed by atoms with E-state index in [-0.39, 0.29) is 6.04 Å². The minimum atomic E-state index is -4.06. The summed E-state index contributed by atoms with van der Waals surface area (Å²) >= 11 is 0. The molecule has 0 radical (unpaired) electrons. The molecule has 0 aliphatic carbocycles. The molecule has 1 fully saturated rings. The fraction of sp³-hybridized carbons (Fsp3) is 0.538. The smallest absolute Gasteiger partial charge is 0.243 e. The van der Waals surface area contributed by atoms with E-state index in [0.29, 0.717) is 13.0 Å². The Morgan fingerprint density at radius 1 is 1.43 bits per heavy atom. The number of likely N-dealkylation sites (tertiary alicyclic amines) is 1. The van der Waals surface area contributed by atoms with Crippen LogP contribution in [0.25, 0.3) is 0 Å². The zero-order chi connectivity index (χ0) is 15.6. The molecule has 1 unspecified atom stereocenters. The molecular formula is C13H19F2N3O2S. The third-order valence-electron chi connectivity index (χ3n) is 3.66. The molecule has 5 nitrogen and oxygen atoms in total. The molecule has 1 atom stereocenters. The first-order valence-corrected chi connectivity index (χ1v) is 8.31. The molecule has 0 bridgehead atoms. The molecule has 1 aliphatic heterocycles. The van der Waals surface area contributed by atoms with Gasteiger partial charge in [0.2, 0.25) is 10.0 Å². The van der Waals surface area contributed by atoms with Crippen LogP contribution in [0.4, 0.5) is 14.5 Å². The zero-order valence-corrected chi connectivity index (χ0v) is 12.6. The summed E-state index contributed by atoms with van der Waals surface area (Å²) in [6, 6.07) is 1.46. The summed E-state index contributed by atoms with van der Waals surface area (Å²) in [5.41, 5.74) is 4.42. The highest BCUT2D eigenvalue weighted by molar-refractivity contribution is 7.89. The van der Waals surface area contributed by atoms with Gasteiger partial charge < -0.3 is 10.6 Å². The normalized spacial score (nSPS) is 20.6. The van der Waals surface area contributed by atoms with E-state index in [1.54, 1.807) is 0 Å². The van der Waals surface area contributed by atoms with Gasteiger partial charge in [-0.1, -0.05) is 6.92 Å². The Morgan fingerprint density at radius 2 is 2.14 bits per heavy atom. The standard InChI is InChI=1S/C13H19F2N3O2S/c1-2-18-7-3-4-9(8-18)17-21(19,20)11-6-5-10(14)13(16)12(11)15/h5-6,9,17H,2-4,7-8,16H2,1H3. The molecule has 1 heterocycles. The van der Waals surface area contributed by atoms with Crippen molar-refractivity contribution in [3.8, 4) is 0 Å². The minimum absolute atomic E-state index is 0.283. The number of hydrogen-bond donors (Lipinski definition) is 2. The van der Waals surface area contributed by atoms with E-state index >= 15 is 0 Å². The summed E-state index contributed by atoms with van der Waals surface area (Å²) < 4.78 is 53.9. The second kappa shape index (κ2) is 6.25. The van der Waals surface area contributed by atoms with Crippen molar-refractivity contribution in [3.05, 3.63) is 23.8 Å². The van der Waals surface area contributed by atoms with E-state index in [4.69, 9.17) is 5.73 Å². The van der Waals surface area contributed by atoms with Gasteiger partial charge in [0.25, 0.3) is 0 Å². The van der Waals surface area contributed by atoms with Crippen LogP contribution < -0.4 is 10.5 Å². The number of piperidine rings is 1. The van der Waals surface area contributed by atoms with Gasteiger partial charge in [0.15, 0.2) is 5.82 Å². The molecule has 118 valence electrons.